The zero-order chi connectivity index (χ0) is 19.8. The highest BCUT2D eigenvalue weighted by Crippen LogP contribution is 2.30. The summed E-state index contributed by atoms with van der Waals surface area (Å²) >= 11 is 4.73. The summed E-state index contributed by atoms with van der Waals surface area (Å²) in [7, 11) is 0. The molecule has 1 aliphatic heterocycles. The number of aryl methyl sites for hydroxylation is 1. The molecule has 0 bridgehead atoms. The van der Waals surface area contributed by atoms with Gasteiger partial charge in [-0.25, -0.2) is 4.98 Å². The maximum atomic E-state index is 12.2. The van der Waals surface area contributed by atoms with Crippen molar-refractivity contribution in [2.24, 2.45) is 0 Å². The van der Waals surface area contributed by atoms with Crippen LogP contribution in [0.15, 0.2) is 39.0 Å². The third-order valence-corrected chi connectivity index (χ3v) is 7.44. The number of ether oxygens (including phenoxy) is 1. The lowest BCUT2D eigenvalue weighted by molar-refractivity contribution is 0.0953. The molecule has 10 heteroatoms. The van der Waals surface area contributed by atoms with Crippen molar-refractivity contribution < 1.29 is 4.74 Å². The Hall–Kier alpha value is -2.01. The number of fused-ring (bicyclic) bond motifs is 1. The van der Waals surface area contributed by atoms with Crippen LogP contribution in [0, 0.1) is 6.92 Å². The Morgan fingerprint density at radius 3 is 3.03 bits per heavy atom. The predicted molar refractivity (Wildman–Crippen MR) is 116 cm³/mol. The Balaban J connectivity index is 1.43. The van der Waals surface area contributed by atoms with Crippen molar-refractivity contribution in [3.63, 3.8) is 0 Å². The van der Waals surface area contributed by atoms with E-state index < -0.39 is 0 Å². The molecule has 0 aromatic carbocycles. The molecule has 1 fully saturated rings. The number of aromatic nitrogens is 5. The van der Waals surface area contributed by atoms with Crippen LogP contribution in [-0.4, -0.2) is 36.9 Å². The lowest BCUT2D eigenvalue weighted by Crippen LogP contribution is -2.16. The SMILES string of the molecule is Cc1cc(-c2nnc(SCc3cc(=O)n4ccsc4n3)n2C[C@H]2CCCO2)cs1. The highest BCUT2D eigenvalue weighted by Gasteiger charge is 2.22. The summed E-state index contributed by atoms with van der Waals surface area (Å²) in [5, 5.41) is 13.7. The first-order chi connectivity index (χ1) is 14.2. The molecule has 0 amide bonds. The fourth-order valence-corrected chi connectivity index (χ4v) is 5.69. The summed E-state index contributed by atoms with van der Waals surface area (Å²) < 4.78 is 9.57. The van der Waals surface area contributed by atoms with E-state index in [4.69, 9.17) is 4.74 Å². The van der Waals surface area contributed by atoms with Crippen LogP contribution < -0.4 is 5.56 Å². The molecule has 7 nitrogen and oxygen atoms in total. The standard InChI is InChI=1S/C19H19N5O2S3/c1-12-7-13(10-28-12)17-21-22-19(24(17)9-15-3-2-5-26-15)29-11-14-8-16(25)23-4-6-27-18(23)20-14/h4,6-8,10,15H,2-3,5,9,11H2,1H3/t15-/m1/s1. The highest BCUT2D eigenvalue weighted by atomic mass is 32.2. The topological polar surface area (TPSA) is 74.3 Å². The van der Waals surface area contributed by atoms with E-state index in [2.05, 4.69) is 38.1 Å². The second-order valence-corrected chi connectivity index (χ2v) is 9.86. The van der Waals surface area contributed by atoms with Gasteiger partial charge in [0.15, 0.2) is 15.9 Å². The molecular weight excluding hydrogens is 426 g/mol. The second kappa shape index (κ2) is 8.02. The quantitative estimate of drug-likeness (QED) is 0.420. The van der Waals surface area contributed by atoms with Gasteiger partial charge >= 0.3 is 0 Å². The van der Waals surface area contributed by atoms with Gasteiger partial charge in [0, 0.05) is 45.8 Å². The van der Waals surface area contributed by atoms with Gasteiger partial charge in [-0.15, -0.1) is 32.9 Å². The molecule has 1 atom stereocenters. The van der Waals surface area contributed by atoms with Crippen LogP contribution in [0.1, 0.15) is 23.4 Å². The molecule has 1 saturated heterocycles. The molecule has 0 aliphatic carbocycles. The van der Waals surface area contributed by atoms with Crippen molar-refractivity contribution in [2.45, 2.75) is 43.3 Å². The van der Waals surface area contributed by atoms with Crippen LogP contribution in [0.2, 0.25) is 0 Å². The molecule has 5 heterocycles. The summed E-state index contributed by atoms with van der Waals surface area (Å²) in [4.78, 5) is 18.8. The molecule has 0 unspecified atom stereocenters. The predicted octanol–water partition coefficient (Wildman–Crippen LogP) is 3.86. The lowest BCUT2D eigenvalue weighted by atomic mass is 10.2. The maximum Gasteiger partial charge on any atom is 0.258 e. The third kappa shape index (κ3) is 3.89. The Morgan fingerprint density at radius 2 is 2.24 bits per heavy atom. The van der Waals surface area contributed by atoms with Crippen LogP contribution in [0.25, 0.3) is 16.3 Å². The molecular formula is C19H19N5O2S3. The fraction of sp³-hybridized carbons (Fsp3) is 0.368. The molecule has 4 aromatic rings. The summed E-state index contributed by atoms with van der Waals surface area (Å²) in [6, 6.07) is 3.74. The highest BCUT2D eigenvalue weighted by molar-refractivity contribution is 7.98. The van der Waals surface area contributed by atoms with Gasteiger partial charge in [-0.3, -0.25) is 13.8 Å². The molecule has 0 N–H and O–H groups in total. The lowest BCUT2D eigenvalue weighted by Gasteiger charge is -2.14. The fourth-order valence-electron chi connectivity index (χ4n) is 3.43. The molecule has 29 heavy (non-hydrogen) atoms. The average molecular weight is 446 g/mol. The molecule has 1 aliphatic rings. The zero-order valence-electron chi connectivity index (χ0n) is 15.8. The monoisotopic (exact) mass is 445 g/mol. The first-order valence-electron chi connectivity index (χ1n) is 9.36. The van der Waals surface area contributed by atoms with Gasteiger partial charge in [0.25, 0.3) is 5.56 Å². The van der Waals surface area contributed by atoms with Crippen molar-refractivity contribution in [2.75, 3.05) is 6.61 Å². The molecule has 0 saturated carbocycles. The van der Waals surface area contributed by atoms with E-state index in [9.17, 15) is 4.79 Å². The summed E-state index contributed by atoms with van der Waals surface area (Å²) in [6.07, 6.45) is 4.09. The van der Waals surface area contributed by atoms with Gasteiger partial charge in [-0.05, 0) is 25.8 Å². The van der Waals surface area contributed by atoms with Crippen LogP contribution in [0.4, 0.5) is 0 Å². The van der Waals surface area contributed by atoms with Crippen molar-refractivity contribution in [1.29, 1.82) is 0 Å². The summed E-state index contributed by atoms with van der Waals surface area (Å²) in [5.74, 6) is 1.43. The van der Waals surface area contributed by atoms with Crippen LogP contribution in [0.3, 0.4) is 0 Å². The number of thioether (sulfide) groups is 1. The van der Waals surface area contributed by atoms with Crippen molar-refractivity contribution in [1.82, 2.24) is 24.1 Å². The van der Waals surface area contributed by atoms with Gasteiger partial charge in [0.2, 0.25) is 0 Å². The van der Waals surface area contributed by atoms with Crippen molar-refractivity contribution in [3.05, 3.63) is 50.0 Å². The Bertz CT molecular complexity index is 1200. The van der Waals surface area contributed by atoms with E-state index in [0.29, 0.717) is 10.7 Å². The van der Waals surface area contributed by atoms with Crippen LogP contribution >= 0.6 is 34.4 Å². The van der Waals surface area contributed by atoms with Gasteiger partial charge in [-0.1, -0.05) is 11.8 Å². The van der Waals surface area contributed by atoms with Crippen molar-refractivity contribution >= 4 is 39.4 Å². The van der Waals surface area contributed by atoms with Gasteiger partial charge in [0.05, 0.1) is 18.3 Å². The second-order valence-electron chi connectivity index (χ2n) is 6.93. The van der Waals surface area contributed by atoms with E-state index in [1.54, 1.807) is 39.8 Å². The third-order valence-electron chi connectivity index (χ3n) is 4.82. The largest absolute Gasteiger partial charge is 0.376 e. The molecule has 4 aromatic heterocycles. The average Bonchev–Trinajstić information content (AvgIpc) is 3.48. The number of nitrogens with zero attached hydrogens (tertiary/aromatic N) is 5. The Kier molecular flexibility index (Phi) is 5.25. The minimum Gasteiger partial charge on any atom is -0.376 e. The molecule has 150 valence electrons. The number of rotatable bonds is 6. The normalized spacial score (nSPS) is 16.8. The number of hydrogen-bond donors (Lipinski definition) is 0. The van der Waals surface area contributed by atoms with E-state index in [0.717, 1.165) is 48.2 Å². The first-order valence-corrected chi connectivity index (χ1v) is 12.1. The summed E-state index contributed by atoms with van der Waals surface area (Å²) in [6.45, 7) is 3.64. The van der Waals surface area contributed by atoms with Crippen molar-refractivity contribution in [3.8, 4) is 11.4 Å². The minimum atomic E-state index is -0.0536. The number of hydrogen-bond acceptors (Lipinski definition) is 8. The first kappa shape index (κ1) is 19.0. The molecule has 0 spiro atoms. The van der Waals surface area contributed by atoms with E-state index >= 15 is 0 Å². The Morgan fingerprint density at radius 1 is 1.31 bits per heavy atom. The maximum absolute atomic E-state index is 12.2. The van der Waals surface area contributed by atoms with E-state index in [1.165, 1.54) is 16.2 Å². The minimum absolute atomic E-state index is 0.0536. The van der Waals surface area contributed by atoms with Gasteiger partial charge in [-0.2, -0.15) is 0 Å². The van der Waals surface area contributed by atoms with Gasteiger partial charge < -0.3 is 4.74 Å². The molecule has 5 rings (SSSR count). The van der Waals surface area contributed by atoms with Crippen LogP contribution in [-0.2, 0) is 17.0 Å². The summed E-state index contributed by atoms with van der Waals surface area (Å²) in [5.41, 5.74) is 1.78. The van der Waals surface area contributed by atoms with Gasteiger partial charge in [0.1, 0.15) is 0 Å². The van der Waals surface area contributed by atoms with Crippen LogP contribution in [0.5, 0.6) is 0 Å². The molecule has 0 radical (unpaired) electrons. The van der Waals surface area contributed by atoms with E-state index in [-0.39, 0.29) is 11.7 Å². The Labute approximate surface area is 179 Å². The smallest absolute Gasteiger partial charge is 0.258 e. The zero-order valence-corrected chi connectivity index (χ0v) is 18.2. The van der Waals surface area contributed by atoms with E-state index in [1.807, 2.05) is 5.38 Å². The number of thiophene rings is 1. The number of thiazole rings is 1.